The summed E-state index contributed by atoms with van der Waals surface area (Å²) in [5.41, 5.74) is 9.84. The fourth-order valence-corrected chi connectivity index (χ4v) is 6.94. The molecule has 0 saturated carbocycles. The van der Waals surface area contributed by atoms with E-state index in [-0.39, 0.29) is 28.2 Å². The van der Waals surface area contributed by atoms with Gasteiger partial charge >= 0.3 is 10.1 Å². The van der Waals surface area contributed by atoms with Crippen LogP contribution in [0.5, 0.6) is 17.4 Å². The van der Waals surface area contributed by atoms with Gasteiger partial charge in [0, 0.05) is 31.1 Å². The van der Waals surface area contributed by atoms with Crippen LogP contribution in [0.2, 0.25) is 18.1 Å². The van der Waals surface area contributed by atoms with Crippen LogP contribution >= 0.6 is 0 Å². The fourth-order valence-electron chi connectivity index (χ4n) is 4.51. The third-order valence-electron chi connectivity index (χ3n) is 7.69. The van der Waals surface area contributed by atoms with E-state index >= 15 is 0 Å². The van der Waals surface area contributed by atoms with Crippen molar-refractivity contribution in [2.75, 3.05) is 26.1 Å². The molecule has 3 aromatic rings. The molecule has 0 fully saturated rings. The van der Waals surface area contributed by atoms with Gasteiger partial charge < -0.3 is 23.8 Å². The molecule has 230 valence electrons. The van der Waals surface area contributed by atoms with Crippen LogP contribution in [0, 0.1) is 27.7 Å². The van der Waals surface area contributed by atoms with Crippen LogP contribution in [0.25, 0.3) is 0 Å². The Morgan fingerprint density at radius 1 is 0.952 bits per heavy atom. The molecule has 2 aromatic carbocycles. The molecule has 0 bridgehead atoms. The maximum atomic E-state index is 13.4. The number of hydrogen-bond acceptors (Lipinski definition) is 9. The number of rotatable bonds is 12. The van der Waals surface area contributed by atoms with Crippen molar-refractivity contribution in [3.8, 4) is 17.4 Å². The molecule has 0 aliphatic carbocycles. The van der Waals surface area contributed by atoms with E-state index in [4.69, 9.17) is 23.8 Å². The molecule has 2 N–H and O–H groups in total. The van der Waals surface area contributed by atoms with Crippen LogP contribution in [-0.4, -0.2) is 47.0 Å². The highest BCUT2D eigenvalue weighted by Gasteiger charge is 2.36. The zero-order chi connectivity index (χ0) is 31.5. The summed E-state index contributed by atoms with van der Waals surface area (Å²) in [5, 5.41) is 0.165. The molecule has 0 atom stereocenters. The summed E-state index contributed by atoms with van der Waals surface area (Å²) in [6.07, 6.45) is 1.03. The van der Waals surface area contributed by atoms with Crippen molar-refractivity contribution in [2.24, 2.45) is 0 Å². The first-order valence-electron chi connectivity index (χ1n) is 14.0. The number of nitrogens with zero attached hydrogens (tertiary/aromatic N) is 2. The highest BCUT2D eigenvalue weighted by molar-refractivity contribution is 7.87. The predicted octanol–water partition coefficient (Wildman–Crippen LogP) is 6.45. The van der Waals surface area contributed by atoms with Gasteiger partial charge in [0.05, 0.1) is 19.4 Å². The van der Waals surface area contributed by atoms with Crippen molar-refractivity contribution in [1.29, 1.82) is 0 Å². The van der Waals surface area contributed by atoms with E-state index in [0.717, 1.165) is 17.5 Å². The molecule has 0 saturated heterocycles. The summed E-state index contributed by atoms with van der Waals surface area (Å²) in [6, 6.07) is 9.16. The molecule has 1 heterocycles. The zero-order valence-corrected chi connectivity index (χ0v) is 28.4. The molecule has 9 nitrogen and oxygen atoms in total. The molecule has 3 rings (SSSR count). The lowest BCUT2D eigenvalue weighted by atomic mass is 10.0. The number of ether oxygens (including phenoxy) is 2. The van der Waals surface area contributed by atoms with Crippen LogP contribution in [-0.2, 0) is 21.0 Å². The molecular weight excluding hydrogens is 571 g/mol. The zero-order valence-electron chi connectivity index (χ0n) is 26.5. The monoisotopic (exact) mass is 615 g/mol. The van der Waals surface area contributed by atoms with Gasteiger partial charge in [-0.3, -0.25) is 0 Å². The Labute approximate surface area is 252 Å². The summed E-state index contributed by atoms with van der Waals surface area (Å²) in [7, 11) is -4.41. The van der Waals surface area contributed by atoms with E-state index in [2.05, 4.69) is 43.8 Å². The average molecular weight is 616 g/mol. The third-order valence-corrected chi connectivity index (χ3v) is 13.7. The number of nitrogen functional groups attached to an aromatic ring is 1. The summed E-state index contributed by atoms with van der Waals surface area (Å²) in [6.45, 7) is 19.4. The van der Waals surface area contributed by atoms with Crippen LogP contribution in [0.4, 0.5) is 5.95 Å². The Hall–Kier alpha value is -3.15. The van der Waals surface area contributed by atoms with Gasteiger partial charge in [-0.25, -0.2) is 4.98 Å². The minimum absolute atomic E-state index is 0.0768. The predicted molar refractivity (Wildman–Crippen MR) is 169 cm³/mol. The minimum Gasteiger partial charge on any atom is -0.496 e. The van der Waals surface area contributed by atoms with Gasteiger partial charge in [0.1, 0.15) is 16.4 Å². The van der Waals surface area contributed by atoms with Crippen molar-refractivity contribution in [3.05, 3.63) is 63.8 Å². The van der Waals surface area contributed by atoms with Crippen molar-refractivity contribution >= 4 is 24.4 Å². The number of anilines is 1. The lowest BCUT2D eigenvalue weighted by Crippen LogP contribution is -2.41. The second kappa shape index (κ2) is 13.0. The Morgan fingerprint density at radius 2 is 1.60 bits per heavy atom. The van der Waals surface area contributed by atoms with E-state index in [1.165, 1.54) is 0 Å². The Balaban J connectivity index is 1.80. The van der Waals surface area contributed by atoms with Gasteiger partial charge in [-0.05, 0) is 68.6 Å². The number of nitrogens with two attached hydrogens (primary N) is 1. The minimum atomic E-state index is -4.20. The van der Waals surface area contributed by atoms with E-state index in [1.54, 1.807) is 40.0 Å². The molecule has 0 radical (unpaired) electrons. The maximum absolute atomic E-state index is 13.4. The van der Waals surface area contributed by atoms with Gasteiger partial charge in [-0.1, -0.05) is 44.5 Å². The summed E-state index contributed by atoms with van der Waals surface area (Å²) in [5.74, 6) is 1.06. The average Bonchev–Trinajstić information content (AvgIpc) is 2.84. The SMILES string of the molecule is COc1cc(OCCCO[Si](C)(C)C(C)(C)C)ccc1Cc1c(C)nc(N)nc1OS(=O)(=O)c1c(C)cc(C)cc1C. The maximum Gasteiger partial charge on any atom is 0.341 e. The lowest BCUT2D eigenvalue weighted by molar-refractivity contribution is 0.233. The first-order valence-corrected chi connectivity index (χ1v) is 18.4. The Bertz CT molecular complexity index is 1510. The molecule has 1 aromatic heterocycles. The molecule has 11 heteroatoms. The summed E-state index contributed by atoms with van der Waals surface area (Å²) in [4.78, 5) is 8.55. The number of aromatic nitrogens is 2. The molecule has 0 spiro atoms. The van der Waals surface area contributed by atoms with E-state index in [9.17, 15) is 8.42 Å². The van der Waals surface area contributed by atoms with Crippen LogP contribution in [0.15, 0.2) is 35.2 Å². The standard InChI is InChI=1S/C31H45N3O6SSi/c1-20-16-21(2)28(22(3)17-20)41(35,36)40-29-26(23(4)33-30(32)34-29)18-24-12-13-25(19-27(24)37-8)38-14-11-15-39-42(9,10)31(5,6)7/h12-13,16-17,19H,11,14-15,18H2,1-10H3,(H2,32,33,34). The summed E-state index contributed by atoms with van der Waals surface area (Å²) >= 11 is 0. The third kappa shape index (κ3) is 8.02. The fraction of sp³-hybridized carbons (Fsp3) is 0.484. The topological polar surface area (TPSA) is 123 Å². The van der Waals surface area contributed by atoms with Crippen LogP contribution in [0.3, 0.4) is 0 Å². The number of aryl methyl sites for hydroxylation is 4. The first-order chi connectivity index (χ1) is 19.4. The van der Waals surface area contributed by atoms with E-state index in [0.29, 0.717) is 47.1 Å². The Morgan fingerprint density at radius 3 is 2.19 bits per heavy atom. The van der Waals surface area contributed by atoms with Crippen molar-refractivity contribution in [1.82, 2.24) is 9.97 Å². The Kier molecular flexibility index (Phi) is 10.3. The van der Waals surface area contributed by atoms with Crippen LogP contribution in [0.1, 0.15) is 60.7 Å². The van der Waals surface area contributed by atoms with Gasteiger partial charge in [-0.15, -0.1) is 0 Å². The quantitative estimate of drug-likeness (QED) is 0.139. The highest BCUT2D eigenvalue weighted by Crippen LogP contribution is 2.37. The molecule has 42 heavy (non-hydrogen) atoms. The van der Waals surface area contributed by atoms with Crippen molar-refractivity contribution in [3.63, 3.8) is 0 Å². The molecule has 0 unspecified atom stereocenters. The second-order valence-electron chi connectivity index (χ2n) is 12.2. The number of benzene rings is 2. The van der Waals surface area contributed by atoms with E-state index in [1.807, 2.05) is 25.1 Å². The van der Waals surface area contributed by atoms with Crippen molar-refractivity contribution in [2.45, 2.75) is 84.3 Å². The highest BCUT2D eigenvalue weighted by atomic mass is 32.2. The largest absolute Gasteiger partial charge is 0.496 e. The van der Waals surface area contributed by atoms with Gasteiger partial charge in [0.2, 0.25) is 11.8 Å². The van der Waals surface area contributed by atoms with Crippen molar-refractivity contribution < 1.29 is 26.5 Å². The second-order valence-corrected chi connectivity index (χ2v) is 18.5. The van der Waals surface area contributed by atoms with Gasteiger partial charge in [-0.2, -0.15) is 13.4 Å². The molecular formula is C31H45N3O6SSi. The first kappa shape index (κ1) is 33.4. The lowest BCUT2D eigenvalue weighted by Gasteiger charge is -2.36. The summed E-state index contributed by atoms with van der Waals surface area (Å²) < 4.78 is 50.4. The normalized spacial score (nSPS) is 12.3. The number of methoxy groups -OCH3 is 1. The molecule has 0 amide bonds. The van der Waals surface area contributed by atoms with Crippen LogP contribution < -0.4 is 19.4 Å². The smallest absolute Gasteiger partial charge is 0.341 e. The van der Waals surface area contributed by atoms with E-state index < -0.39 is 18.4 Å². The molecule has 0 aliphatic heterocycles. The van der Waals surface area contributed by atoms with Gasteiger partial charge in [0.25, 0.3) is 0 Å². The van der Waals surface area contributed by atoms with Gasteiger partial charge in [0.15, 0.2) is 8.32 Å². The number of hydrogen-bond donors (Lipinski definition) is 1. The molecule has 0 aliphatic rings.